The minimum Gasteiger partial charge on any atom is -0.334 e. The van der Waals surface area contributed by atoms with Crippen LogP contribution in [-0.2, 0) is 17.6 Å². The van der Waals surface area contributed by atoms with Gasteiger partial charge in [0.2, 0.25) is 5.91 Å². The average molecular weight is 349 g/mol. The van der Waals surface area contributed by atoms with Crippen LogP contribution in [0.15, 0.2) is 42.5 Å². The van der Waals surface area contributed by atoms with Crippen LogP contribution in [-0.4, -0.2) is 23.9 Å². The number of nitrogens with zero attached hydrogens (tertiary/aromatic N) is 1. The molecule has 0 saturated carbocycles. The van der Waals surface area contributed by atoms with Gasteiger partial charge in [-0.25, -0.2) is 0 Å². The van der Waals surface area contributed by atoms with Crippen LogP contribution >= 0.6 is 23.2 Å². The second-order valence-electron chi connectivity index (χ2n) is 5.71. The van der Waals surface area contributed by atoms with Crippen molar-refractivity contribution in [2.75, 3.05) is 13.1 Å². The molecule has 1 unspecified atom stereocenters. The molecule has 1 heterocycles. The third-order valence-electron chi connectivity index (χ3n) is 4.30. The molecule has 1 amide bonds. The molecule has 1 aliphatic rings. The Hall–Kier alpha value is -1.55. The third-order valence-corrected chi connectivity index (χ3v) is 5.03. The minimum absolute atomic E-state index is 0.0600. The first-order valence-corrected chi connectivity index (χ1v) is 8.37. The topological polar surface area (TPSA) is 46.3 Å². The quantitative estimate of drug-likeness (QED) is 0.920. The monoisotopic (exact) mass is 348 g/mol. The van der Waals surface area contributed by atoms with E-state index in [1.807, 2.05) is 23.1 Å². The van der Waals surface area contributed by atoms with E-state index >= 15 is 0 Å². The number of hydrogen-bond acceptors (Lipinski definition) is 2. The highest BCUT2D eigenvalue weighted by Gasteiger charge is 2.29. The van der Waals surface area contributed by atoms with Crippen molar-refractivity contribution in [3.63, 3.8) is 0 Å². The summed E-state index contributed by atoms with van der Waals surface area (Å²) in [4.78, 5) is 14.6. The van der Waals surface area contributed by atoms with Crippen LogP contribution < -0.4 is 5.73 Å². The number of rotatable bonds is 3. The van der Waals surface area contributed by atoms with Gasteiger partial charge in [-0.2, -0.15) is 0 Å². The van der Waals surface area contributed by atoms with Gasteiger partial charge in [-0.1, -0.05) is 53.5 Å². The van der Waals surface area contributed by atoms with Gasteiger partial charge >= 0.3 is 0 Å². The molecule has 0 saturated heterocycles. The number of nitrogens with two attached hydrogens (primary N) is 1. The fraction of sp³-hybridized carbons (Fsp3) is 0.278. The van der Waals surface area contributed by atoms with Crippen molar-refractivity contribution in [1.82, 2.24) is 4.90 Å². The lowest BCUT2D eigenvalue weighted by molar-refractivity contribution is -0.133. The molecule has 23 heavy (non-hydrogen) atoms. The maximum Gasteiger partial charge on any atom is 0.227 e. The van der Waals surface area contributed by atoms with Crippen molar-refractivity contribution in [1.29, 1.82) is 0 Å². The molecular weight excluding hydrogens is 331 g/mol. The Labute approximate surface area is 146 Å². The highest BCUT2D eigenvalue weighted by atomic mass is 35.5. The summed E-state index contributed by atoms with van der Waals surface area (Å²) in [6.45, 7) is 1.11. The Kier molecular flexibility index (Phi) is 4.90. The van der Waals surface area contributed by atoms with Gasteiger partial charge in [-0.15, -0.1) is 0 Å². The van der Waals surface area contributed by atoms with Gasteiger partial charge < -0.3 is 10.6 Å². The summed E-state index contributed by atoms with van der Waals surface area (Å²) in [7, 11) is 0. The maximum atomic E-state index is 12.7. The van der Waals surface area contributed by atoms with Crippen LogP contribution in [0.2, 0.25) is 10.0 Å². The van der Waals surface area contributed by atoms with Gasteiger partial charge in [-0.3, -0.25) is 4.79 Å². The Balaban J connectivity index is 1.80. The number of hydrogen-bond donors (Lipinski definition) is 1. The summed E-state index contributed by atoms with van der Waals surface area (Å²) in [5.74, 6) is 0.0633. The average Bonchev–Trinajstić information content (AvgIpc) is 2.57. The first kappa shape index (κ1) is 16.3. The molecule has 3 rings (SSSR count). The van der Waals surface area contributed by atoms with Gasteiger partial charge in [0.1, 0.15) is 0 Å². The van der Waals surface area contributed by atoms with E-state index in [9.17, 15) is 4.79 Å². The summed E-state index contributed by atoms with van der Waals surface area (Å²) in [5.41, 5.74) is 9.25. The number of carbonyl (C=O) groups excluding carboxylic acids is 1. The van der Waals surface area contributed by atoms with Crippen molar-refractivity contribution in [3.8, 4) is 0 Å². The Bertz CT molecular complexity index is 733. The van der Waals surface area contributed by atoms with E-state index in [1.165, 1.54) is 5.56 Å². The molecule has 1 atom stereocenters. The van der Waals surface area contributed by atoms with E-state index in [1.54, 1.807) is 12.1 Å². The predicted octanol–water partition coefficient (Wildman–Crippen LogP) is 3.62. The Morgan fingerprint density at radius 3 is 2.70 bits per heavy atom. The molecule has 5 heteroatoms. The summed E-state index contributed by atoms with van der Waals surface area (Å²) in [5, 5.41) is 0.964. The van der Waals surface area contributed by atoms with Crippen LogP contribution in [0.3, 0.4) is 0 Å². The zero-order chi connectivity index (χ0) is 16.4. The fourth-order valence-electron chi connectivity index (χ4n) is 3.13. The van der Waals surface area contributed by atoms with Gasteiger partial charge in [0.25, 0.3) is 0 Å². The molecule has 120 valence electrons. The van der Waals surface area contributed by atoms with E-state index in [2.05, 4.69) is 12.1 Å². The molecule has 1 aliphatic heterocycles. The van der Waals surface area contributed by atoms with Crippen molar-refractivity contribution in [2.45, 2.75) is 18.9 Å². The Morgan fingerprint density at radius 1 is 1.17 bits per heavy atom. The smallest absolute Gasteiger partial charge is 0.227 e. The lowest BCUT2D eigenvalue weighted by Crippen LogP contribution is -2.43. The zero-order valence-electron chi connectivity index (χ0n) is 12.6. The summed E-state index contributed by atoms with van der Waals surface area (Å²) in [6.07, 6.45) is 1.16. The molecule has 0 radical (unpaired) electrons. The molecule has 2 aromatic rings. The predicted molar refractivity (Wildman–Crippen MR) is 93.8 cm³/mol. The zero-order valence-corrected chi connectivity index (χ0v) is 14.1. The first-order chi connectivity index (χ1) is 11.1. The van der Waals surface area contributed by atoms with Gasteiger partial charge in [0, 0.05) is 13.1 Å². The van der Waals surface area contributed by atoms with E-state index in [4.69, 9.17) is 28.9 Å². The van der Waals surface area contributed by atoms with Crippen molar-refractivity contribution >= 4 is 29.1 Å². The SMILES string of the molecule is NCC1c2ccccc2CCN1C(=O)Cc1ccc(Cl)c(Cl)c1. The number of amides is 1. The largest absolute Gasteiger partial charge is 0.334 e. The van der Waals surface area contributed by atoms with Crippen molar-refractivity contribution in [3.05, 3.63) is 69.2 Å². The number of carbonyl (C=O) groups is 1. The fourth-order valence-corrected chi connectivity index (χ4v) is 3.45. The van der Waals surface area contributed by atoms with Gasteiger partial charge in [0.15, 0.2) is 0 Å². The van der Waals surface area contributed by atoms with Crippen LogP contribution in [0.5, 0.6) is 0 Å². The molecule has 0 aliphatic carbocycles. The number of fused-ring (bicyclic) bond motifs is 1. The normalized spacial score (nSPS) is 17.0. The molecular formula is C18H18Cl2N2O. The molecule has 0 fully saturated rings. The molecule has 2 aromatic carbocycles. The van der Waals surface area contributed by atoms with Crippen LogP contribution in [0.1, 0.15) is 22.7 Å². The third kappa shape index (κ3) is 3.37. The molecule has 3 nitrogen and oxygen atoms in total. The van der Waals surface area contributed by atoms with E-state index in [0.717, 1.165) is 17.5 Å². The molecule has 2 N–H and O–H groups in total. The van der Waals surface area contributed by atoms with Crippen LogP contribution in [0.25, 0.3) is 0 Å². The molecule has 0 bridgehead atoms. The molecule has 0 aromatic heterocycles. The van der Waals surface area contributed by atoms with Gasteiger partial charge in [0.05, 0.1) is 22.5 Å². The highest BCUT2D eigenvalue weighted by molar-refractivity contribution is 6.42. The second-order valence-corrected chi connectivity index (χ2v) is 6.53. The van der Waals surface area contributed by atoms with E-state index < -0.39 is 0 Å². The van der Waals surface area contributed by atoms with Crippen LogP contribution in [0.4, 0.5) is 0 Å². The summed E-state index contributed by atoms with van der Waals surface area (Å²) < 4.78 is 0. The lowest BCUT2D eigenvalue weighted by atomic mass is 9.92. The van der Waals surface area contributed by atoms with Crippen molar-refractivity contribution < 1.29 is 4.79 Å². The van der Waals surface area contributed by atoms with E-state index in [0.29, 0.717) is 29.6 Å². The summed E-state index contributed by atoms with van der Waals surface area (Å²) in [6, 6.07) is 13.4. The maximum absolute atomic E-state index is 12.7. The van der Waals surface area contributed by atoms with Crippen LogP contribution in [0, 0.1) is 0 Å². The minimum atomic E-state index is -0.0600. The first-order valence-electron chi connectivity index (χ1n) is 7.61. The number of halogens is 2. The standard InChI is InChI=1S/C18H18Cl2N2O/c19-15-6-5-12(9-16(15)20)10-18(23)22-8-7-13-3-1-2-4-14(13)17(22)11-21/h1-6,9,17H,7-8,10-11,21H2. The van der Waals surface area contributed by atoms with E-state index in [-0.39, 0.29) is 11.9 Å². The second kappa shape index (κ2) is 6.91. The summed E-state index contributed by atoms with van der Waals surface area (Å²) >= 11 is 12.0. The highest BCUT2D eigenvalue weighted by Crippen LogP contribution is 2.30. The van der Waals surface area contributed by atoms with Crippen molar-refractivity contribution in [2.24, 2.45) is 5.73 Å². The van der Waals surface area contributed by atoms with Gasteiger partial charge in [-0.05, 0) is 35.2 Å². The molecule has 0 spiro atoms. The lowest BCUT2D eigenvalue weighted by Gasteiger charge is -2.37. The Morgan fingerprint density at radius 2 is 1.96 bits per heavy atom. The number of benzene rings is 2.